The maximum Gasteiger partial charge on any atom is 0.233 e. The van der Waals surface area contributed by atoms with Crippen LogP contribution in [0.5, 0.6) is 0 Å². The van der Waals surface area contributed by atoms with E-state index < -0.39 is 0 Å². The van der Waals surface area contributed by atoms with E-state index in [-0.39, 0.29) is 11.2 Å². The molecule has 27 heavy (non-hydrogen) atoms. The Morgan fingerprint density at radius 3 is 2.48 bits per heavy atom. The van der Waals surface area contributed by atoms with Gasteiger partial charge in [-0.05, 0) is 31.9 Å². The van der Waals surface area contributed by atoms with Crippen LogP contribution in [-0.4, -0.2) is 27.0 Å². The average Bonchev–Trinajstić information content (AvgIpc) is 3.42. The number of para-hydroxylation sites is 1. The summed E-state index contributed by atoms with van der Waals surface area (Å²) in [5, 5.41) is 7.85. The number of thioether (sulfide) groups is 1. The van der Waals surface area contributed by atoms with Gasteiger partial charge >= 0.3 is 0 Å². The zero-order valence-electron chi connectivity index (χ0n) is 15.3. The van der Waals surface area contributed by atoms with Crippen molar-refractivity contribution in [2.45, 2.75) is 36.8 Å². The highest BCUT2D eigenvalue weighted by Crippen LogP contribution is 2.29. The van der Waals surface area contributed by atoms with Crippen molar-refractivity contribution >= 4 is 17.7 Å². The molecule has 1 atom stereocenters. The number of aromatic nitrogens is 2. The zero-order chi connectivity index (χ0) is 18.6. The lowest BCUT2D eigenvalue weighted by atomic mass is 10.1. The average molecular weight is 378 g/mol. The number of nitrogens with one attached hydrogen (secondary N) is 1. The monoisotopic (exact) mass is 377 g/mol. The van der Waals surface area contributed by atoms with Crippen molar-refractivity contribution in [3.8, 4) is 16.9 Å². The molecule has 0 aliphatic heterocycles. The van der Waals surface area contributed by atoms with Crippen molar-refractivity contribution in [1.29, 1.82) is 0 Å². The third kappa shape index (κ3) is 4.42. The van der Waals surface area contributed by atoms with E-state index in [0.29, 0.717) is 6.04 Å². The van der Waals surface area contributed by atoms with Gasteiger partial charge in [-0.1, -0.05) is 48.5 Å². The van der Waals surface area contributed by atoms with Gasteiger partial charge < -0.3 is 5.32 Å². The van der Waals surface area contributed by atoms with E-state index in [9.17, 15) is 4.79 Å². The van der Waals surface area contributed by atoms with Crippen LogP contribution in [0, 0.1) is 0 Å². The summed E-state index contributed by atoms with van der Waals surface area (Å²) in [5.74, 6) is 0.885. The summed E-state index contributed by atoms with van der Waals surface area (Å²) in [6.45, 7) is 1.98. The maximum atomic E-state index is 12.2. The molecule has 4 rings (SSSR count). The molecule has 1 aliphatic carbocycles. The molecule has 1 heterocycles. The van der Waals surface area contributed by atoms with E-state index in [1.54, 1.807) is 11.8 Å². The minimum absolute atomic E-state index is 0.0747. The van der Waals surface area contributed by atoms with Crippen molar-refractivity contribution in [1.82, 2.24) is 15.1 Å². The van der Waals surface area contributed by atoms with E-state index in [1.165, 1.54) is 0 Å². The van der Waals surface area contributed by atoms with Crippen LogP contribution in [-0.2, 0) is 10.5 Å². The van der Waals surface area contributed by atoms with E-state index in [4.69, 9.17) is 5.10 Å². The van der Waals surface area contributed by atoms with Crippen molar-refractivity contribution < 1.29 is 4.79 Å². The molecule has 1 amide bonds. The Morgan fingerprint density at radius 1 is 1.15 bits per heavy atom. The lowest BCUT2D eigenvalue weighted by Crippen LogP contribution is -2.32. The van der Waals surface area contributed by atoms with Crippen LogP contribution in [0.3, 0.4) is 0 Å². The van der Waals surface area contributed by atoms with Gasteiger partial charge in [0.25, 0.3) is 0 Å². The zero-order valence-corrected chi connectivity index (χ0v) is 16.2. The quantitative estimate of drug-likeness (QED) is 0.662. The second kappa shape index (κ2) is 8.01. The van der Waals surface area contributed by atoms with Crippen molar-refractivity contribution in [2.24, 2.45) is 0 Å². The predicted molar refractivity (Wildman–Crippen MR) is 111 cm³/mol. The Bertz CT molecular complexity index is 904. The first-order chi connectivity index (χ1) is 13.2. The lowest BCUT2D eigenvalue weighted by Gasteiger charge is -2.11. The maximum absolute atomic E-state index is 12.2. The van der Waals surface area contributed by atoms with Crippen molar-refractivity contribution in [3.05, 3.63) is 72.4 Å². The molecule has 2 aromatic carbocycles. The van der Waals surface area contributed by atoms with Gasteiger partial charge in [0.2, 0.25) is 5.91 Å². The first-order valence-corrected chi connectivity index (χ1v) is 10.4. The number of carbonyl (C=O) groups is 1. The fourth-order valence-corrected chi connectivity index (χ4v) is 3.76. The predicted octanol–water partition coefficient (Wildman–Crippen LogP) is 4.44. The molecule has 0 saturated heterocycles. The molecule has 0 radical (unpaired) electrons. The topological polar surface area (TPSA) is 46.9 Å². The molecule has 1 aromatic heterocycles. The fourth-order valence-electron chi connectivity index (χ4n) is 2.90. The van der Waals surface area contributed by atoms with E-state index in [2.05, 4.69) is 23.6 Å². The molecular formula is C22H23N3OS. The van der Waals surface area contributed by atoms with Gasteiger partial charge in [0.05, 0.1) is 16.6 Å². The second-order valence-electron chi connectivity index (χ2n) is 6.89. The van der Waals surface area contributed by atoms with E-state index >= 15 is 0 Å². The summed E-state index contributed by atoms with van der Waals surface area (Å²) in [4.78, 5) is 12.2. The Labute approximate surface area is 164 Å². The molecule has 5 heteroatoms. The number of carbonyl (C=O) groups excluding carboxylic acids is 1. The summed E-state index contributed by atoms with van der Waals surface area (Å²) in [6, 6.07) is 20.7. The summed E-state index contributed by atoms with van der Waals surface area (Å²) in [7, 11) is 0. The van der Waals surface area contributed by atoms with Gasteiger partial charge in [0.15, 0.2) is 0 Å². The van der Waals surface area contributed by atoms with E-state index in [0.717, 1.165) is 41.1 Å². The Morgan fingerprint density at radius 2 is 1.81 bits per heavy atom. The molecule has 4 nitrogen and oxygen atoms in total. The molecule has 1 unspecified atom stereocenters. The van der Waals surface area contributed by atoms with Crippen LogP contribution in [0.25, 0.3) is 16.9 Å². The summed E-state index contributed by atoms with van der Waals surface area (Å²) < 4.78 is 1.92. The summed E-state index contributed by atoms with van der Waals surface area (Å²) in [5.41, 5.74) is 4.24. The van der Waals surface area contributed by atoms with Crippen LogP contribution in [0.4, 0.5) is 0 Å². The molecule has 3 aromatic rings. The van der Waals surface area contributed by atoms with Gasteiger partial charge in [-0.25, -0.2) is 4.68 Å². The summed E-state index contributed by atoms with van der Waals surface area (Å²) in [6.07, 6.45) is 4.31. The van der Waals surface area contributed by atoms with Gasteiger partial charge in [0, 0.05) is 29.1 Å². The smallest absolute Gasteiger partial charge is 0.233 e. The van der Waals surface area contributed by atoms with Gasteiger partial charge in [-0.3, -0.25) is 4.79 Å². The molecular weight excluding hydrogens is 354 g/mol. The SMILES string of the molecule is CC(SCc1cn(-c2ccccc2)nc1-c1ccccc1)C(=O)NC1CC1. The molecule has 0 bridgehead atoms. The largest absolute Gasteiger partial charge is 0.352 e. The number of hydrogen-bond donors (Lipinski definition) is 1. The molecule has 0 spiro atoms. The number of rotatable bonds is 7. The first-order valence-electron chi connectivity index (χ1n) is 9.32. The minimum Gasteiger partial charge on any atom is -0.352 e. The molecule has 138 valence electrons. The highest BCUT2D eigenvalue weighted by atomic mass is 32.2. The molecule has 1 saturated carbocycles. The molecule has 1 N–H and O–H groups in total. The number of nitrogens with zero attached hydrogens (tertiary/aromatic N) is 2. The fraction of sp³-hybridized carbons (Fsp3) is 0.273. The number of amides is 1. The lowest BCUT2D eigenvalue weighted by molar-refractivity contribution is -0.120. The number of hydrogen-bond acceptors (Lipinski definition) is 3. The highest BCUT2D eigenvalue weighted by molar-refractivity contribution is 7.99. The van der Waals surface area contributed by atoms with Gasteiger partial charge in [-0.15, -0.1) is 11.8 Å². The van der Waals surface area contributed by atoms with Crippen LogP contribution in [0.2, 0.25) is 0 Å². The summed E-state index contributed by atoms with van der Waals surface area (Å²) >= 11 is 1.66. The van der Waals surface area contributed by atoms with Gasteiger partial charge in [0.1, 0.15) is 0 Å². The van der Waals surface area contributed by atoms with Crippen LogP contribution < -0.4 is 5.32 Å². The van der Waals surface area contributed by atoms with Crippen molar-refractivity contribution in [2.75, 3.05) is 0 Å². The van der Waals surface area contributed by atoms with Crippen molar-refractivity contribution in [3.63, 3.8) is 0 Å². The third-order valence-corrected chi connectivity index (χ3v) is 5.83. The Hall–Kier alpha value is -2.53. The van der Waals surface area contributed by atoms with Crippen LogP contribution in [0.15, 0.2) is 66.9 Å². The molecule has 1 fully saturated rings. The van der Waals surface area contributed by atoms with Crippen LogP contribution in [0.1, 0.15) is 25.3 Å². The standard InChI is InChI=1S/C22H23N3OS/c1-16(22(26)23-19-12-13-19)27-15-18-14-25(20-10-6-3-7-11-20)24-21(18)17-8-4-2-5-9-17/h2-11,14,16,19H,12-13,15H2,1H3,(H,23,26). The highest BCUT2D eigenvalue weighted by Gasteiger charge is 2.26. The van der Waals surface area contributed by atoms with Gasteiger partial charge in [-0.2, -0.15) is 5.10 Å². The minimum atomic E-state index is -0.0747. The van der Waals surface area contributed by atoms with Crippen LogP contribution >= 0.6 is 11.8 Å². The Kier molecular flexibility index (Phi) is 5.30. The first kappa shape index (κ1) is 17.9. The molecule has 1 aliphatic rings. The number of benzene rings is 2. The normalized spacial score (nSPS) is 14.7. The Balaban J connectivity index is 1.56. The third-order valence-electron chi connectivity index (χ3n) is 4.64. The van der Waals surface area contributed by atoms with E-state index in [1.807, 2.05) is 60.1 Å². The second-order valence-corrected chi connectivity index (χ2v) is 8.21.